The Labute approximate surface area is 130 Å². The molecule has 0 fully saturated rings. The maximum absolute atomic E-state index is 12.5. The first-order valence-corrected chi connectivity index (χ1v) is 7.24. The number of carbonyl (C=O) groups excluding carboxylic acids is 2. The van der Waals surface area contributed by atoms with E-state index in [1.807, 2.05) is 27.7 Å². The van der Waals surface area contributed by atoms with Crippen LogP contribution in [-0.4, -0.2) is 41.8 Å². The molecule has 0 aromatic carbocycles. The van der Waals surface area contributed by atoms with Crippen LogP contribution in [0.2, 0.25) is 5.15 Å². The second-order valence-corrected chi connectivity index (χ2v) is 6.19. The van der Waals surface area contributed by atoms with E-state index < -0.39 is 0 Å². The number of likely N-dealkylation sites (N-methyl/N-ethyl adjacent to an activating group) is 2. The van der Waals surface area contributed by atoms with Crippen LogP contribution in [0.3, 0.4) is 0 Å². The first-order valence-electron chi connectivity index (χ1n) is 6.87. The maximum atomic E-state index is 12.5. The monoisotopic (exact) mass is 311 g/mol. The number of hydrogen-bond acceptors (Lipinski definition) is 3. The second-order valence-electron chi connectivity index (χ2n) is 5.81. The summed E-state index contributed by atoms with van der Waals surface area (Å²) in [6, 6.07) is 3.27. The third-order valence-electron chi connectivity index (χ3n) is 3.09. The van der Waals surface area contributed by atoms with Crippen molar-refractivity contribution in [1.29, 1.82) is 0 Å². The van der Waals surface area contributed by atoms with Gasteiger partial charge < -0.3 is 10.2 Å². The molecule has 116 valence electrons. The van der Waals surface area contributed by atoms with Crippen LogP contribution < -0.4 is 5.32 Å². The van der Waals surface area contributed by atoms with Crippen LogP contribution in [-0.2, 0) is 10.2 Å². The van der Waals surface area contributed by atoms with E-state index in [0.717, 1.165) is 5.69 Å². The highest BCUT2D eigenvalue weighted by Gasteiger charge is 2.22. The topological polar surface area (TPSA) is 62.3 Å². The van der Waals surface area contributed by atoms with E-state index in [1.54, 1.807) is 13.1 Å². The van der Waals surface area contributed by atoms with Crippen molar-refractivity contribution < 1.29 is 9.59 Å². The Hall–Kier alpha value is -1.62. The van der Waals surface area contributed by atoms with Gasteiger partial charge in [-0.2, -0.15) is 0 Å². The molecule has 0 atom stereocenters. The predicted molar refractivity (Wildman–Crippen MR) is 83.6 cm³/mol. The summed E-state index contributed by atoms with van der Waals surface area (Å²) in [6.45, 7) is 8.30. The van der Waals surface area contributed by atoms with Crippen LogP contribution in [0, 0.1) is 0 Å². The van der Waals surface area contributed by atoms with Gasteiger partial charge in [-0.05, 0) is 19.1 Å². The molecule has 2 amide bonds. The molecule has 0 aliphatic carbocycles. The average Bonchev–Trinajstić information content (AvgIpc) is 2.42. The minimum Gasteiger partial charge on any atom is -0.358 e. The molecule has 5 nitrogen and oxygen atoms in total. The van der Waals surface area contributed by atoms with Crippen LogP contribution in [0.25, 0.3) is 0 Å². The molecule has 0 saturated carbocycles. The van der Waals surface area contributed by atoms with Crippen LogP contribution in [0.15, 0.2) is 12.1 Å². The van der Waals surface area contributed by atoms with Gasteiger partial charge in [-0.1, -0.05) is 32.4 Å². The fraction of sp³-hybridized carbons (Fsp3) is 0.533. The summed E-state index contributed by atoms with van der Waals surface area (Å²) in [5.74, 6) is -0.433. The molecular formula is C15H22ClN3O2. The first-order chi connectivity index (χ1) is 9.68. The van der Waals surface area contributed by atoms with Crippen molar-refractivity contribution in [2.75, 3.05) is 20.1 Å². The number of rotatable bonds is 4. The summed E-state index contributed by atoms with van der Waals surface area (Å²) in [4.78, 5) is 29.7. The Kier molecular flexibility index (Phi) is 5.72. The summed E-state index contributed by atoms with van der Waals surface area (Å²) in [5.41, 5.74) is 0.984. The average molecular weight is 312 g/mol. The van der Waals surface area contributed by atoms with Gasteiger partial charge in [0.2, 0.25) is 5.91 Å². The molecule has 1 N–H and O–H groups in total. The standard InChI is InChI=1S/C15H22ClN3O2/c1-6-19(9-13(20)17-5)14(21)10-7-11(15(2,3)4)18-12(16)8-10/h7-8H,6,9H2,1-5H3,(H,17,20). The Morgan fingerprint density at radius 2 is 1.95 bits per heavy atom. The number of hydrogen-bond donors (Lipinski definition) is 1. The molecule has 0 aliphatic rings. The lowest BCUT2D eigenvalue weighted by molar-refractivity contribution is -0.121. The molecule has 0 spiro atoms. The smallest absolute Gasteiger partial charge is 0.254 e. The zero-order chi connectivity index (χ0) is 16.2. The maximum Gasteiger partial charge on any atom is 0.254 e. The van der Waals surface area contributed by atoms with E-state index in [4.69, 9.17) is 11.6 Å². The molecule has 1 rings (SSSR count). The summed E-state index contributed by atoms with van der Waals surface area (Å²) < 4.78 is 0. The molecule has 1 aromatic heterocycles. The molecule has 21 heavy (non-hydrogen) atoms. The van der Waals surface area contributed by atoms with E-state index in [2.05, 4.69) is 10.3 Å². The van der Waals surface area contributed by atoms with Gasteiger partial charge in [-0.25, -0.2) is 4.98 Å². The molecule has 1 aromatic rings. The summed E-state index contributed by atoms with van der Waals surface area (Å²) >= 11 is 6.02. The van der Waals surface area contributed by atoms with Gasteiger partial charge in [0.05, 0.1) is 6.54 Å². The van der Waals surface area contributed by atoms with Gasteiger partial charge in [-0.15, -0.1) is 0 Å². The Bertz CT molecular complexity index is 538. The molecule has 0 unspecified atom stereocenters. The molecular weight excluding hydrogens is 290 g/mol. The van der Waals surface area contributed by atoms with E-state index in [-0.39, 0.29) is 28.9 Å². The van der Waals surface area contributed by atoms with Gasteiger partial charge in [0.25, 0.3) is 5.91 Å². The van der Waals surface area contributed by atoms with E-state index in [1.165, 1.54) is 11.0 Å². The summed E-state index contributed by atoms with van der Waals surface area (Å²) in [6.07, 6.45) is 0. The highest BCUT2D eigenvalue weighted by molar-refractivity contribution is 6.29. The Morgan fingerprint density at radius 1 is 1.33 bits per heavy atom. The van der Waals surface area contributed by atoms with E-state index in [0.29, 0.717) is 12.1 Å². The van der Waals surface area contributed by atoms with E-state index in [9.17, 15) is 9.59 Å². The largest absolute Gasteiger partial charge is 0.358 e. The highest BCUT2D eigenvalue weighted by Crippen LogP contribution is 2.24. The molecule has 0 aliphatic heterocycles. The van der Waals surface area contributed by atoms with Gasteiger partial charge >= 0.3 is 0 Å². The lowest BCUT2D eigenvalue weighted by Gasteiger charge is -2.22. The minimum atomic E-state index is -0.226. The quantitative estimate of drug-likeness (QED) is 0.867. The predicted octanol–water partition coefficient (Wildman–Crippen LogP) is 2.24. The van der Waals surface area contributed by atoms with Gasteiger partial charge in [0, 0.05) is 30.3 Å². The summed E-state index contributed by atoms with van der Waals surface area (Å²) in [5, 5.41) is 2.79. The fourth-order valence-corrected chi connectivity index (χ4v) is 1.98. The fourth-order valence-electron chi connectivity index (χ4n) is 1.77. The number of carbonyl (C=O) groups is 2. The molecule has 0 bridgehead atoms. The number of halogens is 1. The zero-order valence-electron chi connectivity index (χ0n) is 13.2. The van der Waals surface area contributed by atoms with Crippen molar-refractivity contribution >= 4 is 23.4 Å². The molecule has 6 heteroatoms. The number of nitrogens with zero attached hydrogens (tertiary/aromatic N) is 2. The number of aromatic nitrogens is 1. The lowest BCUT2D eigenvalue weighted by Crippen LogP contribution is -2.39. The van der Waals surface area contributed by atoms with Gasteiger partial charge in [0.1, 0.15) is 5.15 Å². The van der Waals surface area contributed by atoms with Crippen molar-refractivity contribution in [3.05, 3.63) is 28.5 Å². The van der Waals surface area contributed by atoms with Crippen LogP contribution >= 0.6 is 11.6 Å². The second kappa shape index (κ2) is 6.89. The third kappa shape index (κ3) is 4.70. The first kappa shape index (κ1) is 17.4. The Balaban J connectivity index is 3.11. The third-order valence-corrected chi connectivity index (χ3v) is 3.29. The van der Waals surface area contributed by atoms with E-state index >= 15 is 0 Å². The minimum absolute atomic E-state index is 0.0244. The Morgan fingerprint density at radius 3 is 2.43 bits per heavy atom. The zero-order valence-corrected chi connectivity index (χ0v) is 13.9. The lowest BCUT2D eigenvalue weighted by atomic mass is 9.91. The normalized spacial score (nSPS) is 11.1. The summed E-state index contributed by atoms with van der Waals surface area (Å²) in [7, 11) is 1.54. The van der Waals surface area contributed by atoms with Crippen molar-refractivity contribution in [3.63, 3.8) is 0 Å². The van der Waals surface area contributed by atoms with Crippen molar-refractivity contribution in [2.24, 2.45) is 0 Å². The number of pyridine rings is 1. The molecule has 0 saturated heterocycles. The van der Waals surface area contributed by atoms with Crippen LogP contribution in [0.4, 0.5) is 0 Å². The highest BCUT2D eigenvalue weighted by atomic mass is 35.5. The molecule has 0 radical (unpaired) electrons. The van der Waals surface area contributed by atoms with Gasteiger partial charge in [-0.3, -0.25) is 9.59 Å². The number of amides is 2. The number of nitrogens with one attached hydrogen (secondary N) is 1. The van der Waals surface area contributed by atoms with Crippen LogP contribution in [0.5, 0.6) is 0 Å². The van der Waals surface area contributed by atoms with Gasteiger partial charge in [0.15, 0.2) is 0 Å². The van der Waals surface area contributed by atoms with Crippen molar-refractivity contribution in [2.45, 2.75) is 33.1 Å². The SMILES string of the molecule is CCN(CC(=O)NC)C(=O)c1cc(Cl)nc(C(C)(C)C)c1. The molecule has 1 heterocycles. The van der Waals surface area contributed by atoms with Crippen molar-refractivity contribution in [3.8, 4) is 0 Å². The van der Waals surface area contributed by atoms with Crippen LogP contribution in [0.1, 0.15) is 43.7 Å². The van der Waals surface area contributed by atoms with Crippen molar-refractivity contribution in [1.82, 2.24) is 15.2 Å².